The van der Waals surface area contributed by atoms with E-state index in [1.807, 2.05) is 26.0 Å². The molecule has 1 aliphatic heterocycles. The van der Waals surface area contributed by atoms with E-state index in [0.717, 1.165) is 40.6 Å². The van der Waals surface area contributed by atoms with Gasteiger partial charge in [0.15, 0.2) is 0 Å². The predicted molar refractivity (Wildman–Crippen MR) is 142 cm³/mol. The van der Waals surface area contributed by atoms with Gasteiger partial charge in [0.05, 0.1) is 17.1 Å². The molecular formula is C28H26N2O6S. The van der Waals surface area contributed by atoms with Crippen LogP contribution in [0.3, 0.4) is 0 Å². The van der Waals surface area contributed by atoms with Crippen molar-refractivity contribution in [1.29, 1.82) is 0 Å². The van der Waals surface area contributed by atoms with E-state index in [4.69, 9.17) is 9.15 Å². The fraction of sp³-hybridized carbons (Fsp3) is 0.214. The smallest absolute Gasteiger partial charge is 0.338 e. The third-order valence-electron chi connectivity index (χ3n) is 5.55. The van der Waals surface area contributed by atoms with E-state index in [0.29, 0.717) is 29.4 Å². The SMILES string of the molecule is CCCCOC(=O)c1ccc(-c2ccc(/C=C3/SC(=O)N(CC(=O)Nc4ccc(C)cc4)C3=O)o2)cc1. The van der Waals surface area contributed by atoms with Crippen molar-refractivity contribution in [2.24, 2.45) is 0 Å². The molecule has 0 unspecified atom stereocenters. The normalized spacial score (nSPS) is 14.3. The van der Waals surface area contributed by atoms with Crippen LogP contribution in [0.25, 0.3) is 17.4 Å². The van der Waals surface area contributed by atoms with Gasteiger partial charge in [0.1, 0.15) is 18.1 Å². The van der Waals surface area contributed by atoms with Gasteiger partial charge in [-0.25, -0.2) is 4.79 Å². The van der Waals surface area contributed by atoms with Crippen molar-refractivity contribution < 1.29 is 28.3 Å². The Kier molecular flexibility index (Phi) is 8.25. The van der Waals surface area contributed by atoms with Crippen molar-refractivity contribution in [3.05, 3.63) is 82.5 Å². The van der Waals surface area contributed by atoms with Crippen LogP contribution in [0.4, 0.5) is 10.5 Å². The van der Waals surface area contributed by atoms with E-state index in [-0.39, 0.29) is 17.4 Å². The molecule has 1 N–H and O–H groups in total. The van der Waals surface area contributed by atoms with Crippen LogP contribution in [0, 0.1) is 6.92 Å². The summed E-state index contributed by atoms with van der Waals surface area (Å²) < 4.78 is 11.0. The van der Waals surface area contributed by atoms with Crippen LogP contribution in [0.15, 0.2) is 70.0 Å². The first kappa shape index (κ1) is 26.0. The minimum absolute atomic E-state index is 0.166. The van der Waals surface area contributed by atoms with Crippen molar-refractivity contribution in [2.45, 2.75) is 26.7 Å². The molecule has 0 atom stereocenters. The lowest BCUT2D eigenvalue weighted by Gasteiger charge is -2.12. The maximum atomic E-state index is 12.8. The molecule has 1 fully saturated rings. The van der Waals surface area contributed by atoms with Crippen LogP contribution < -0.4 is 5.32 Å². The van der Waals surface area contributed by atoms with E-state index < -0.39 is 17.1 Å². The van der Waals surface area contributed by atoms with Gasteiger partial charge in [-0.2, -0.15) is 0 Å². The summed E-state index contributed by atoms with van der Waals surface area (Å²) in [6.45, 7) is 3.97. The highest BCUT2D eigenvalue weighted by Gasteiger charge is 2.36. The molecule has 8 nitrogen and oxygen atoms in total. The van der Waals surface area contributed by atoms with Gasteiger partial charge in [-0.05, 0) is 61.5 Å². The molecular weight excluding hydrogens is 492 g/mol. The molecule has 4 rings (SSSR count). The molecule has 0 aliphatic carbocycles. The number of carbonyl (C=O) groups is 4. The van der Waals surface area contributed by atoms with Crippen LogP contribution in [0.1, 0.15) is 41.4 Å². The molecule has 9 heteroatoms. The lowest BCUT2D eigenvalue weighted by Crippen LogP contribution is -2.36. The quantitative estimate of drug-likeness (QED) is 0.214. The van der Waals surface area contributed by atoms with E-state index in [1.54, 1.807) is 48.5 Å². The highest BCUT2D eigenvalue weighted by molar-refractivity contribution is 8.18. The highest BCUT2D eigenvalue weighted by atomic mass is 32.2. The number of rotatable bonds is 9. The molecule has 1 aromatic heterocycles. The van der Waals surface area contributed by atoms with Crippen LogP contribution in [0.5, 0.6) is 0 Å². The average molecular weight is 519 g/mol. The summed E-state index contributed by atoms with van der Waals surface area (Å²) in [5.74, 6) is -0.478. The van der Waals surface area contributed by atoms with Crippen molar-refractivity contribution in [2.75, 3.05) is 18.5 Å². The number of nitrogens with one attached hydrogen (secondary N) is 1. The summed E-state index contributed by atoms with van der Waals surface area (Å²) in [4.78, 5) is 50.7. The lowest BCUT2D eigenvalue weighted by molar-refractivity contribution is -0.127. The molecule has 3 aromatic rings. The number of hydrogen-bond donors (Lipinski definition) is 1. The van der Waals surface area contributed by atoms with E-state index in [2.05, 4.69) is 5.32 Å². The number of anilines is 1. The Labute approximate surface area is 218 Å². The number of unbranched alkanes of at least 4 members (excludes halogenated alkanes) is 1. The molecule has 1 saturated heterocycles. The second-order valence-electron chi connectivity index (χ2n) is 8.45. The minimum Gasteiger partial charge on any atom is -0.462 e. The topological polar surface area (TPSA) is 106 Å². The average Bonchev–Trinajstić information content (AvgIpc) is 3.46. The highest BCUT2D eigenvalue weighted by Crippen LogP contribution is 2.33. The second kappa shape index (κ2) is 11.7. The predicted octanol–water partition coefficient (Wildman–Crippen LogP) is 5.89. The fourth-order valence-corrected chi connectivity index (χ4v) is 4.31. The minimum atomic E-state index is -0.557. The number of amides is 3. The standard InChI is InChI=1S/C28H26N2O6S/c1-3-4-15-35-27(33)20-9-7-19(8-10-20)23-14-13-22(36-23)16-24-26(32)30(28(34)37-24)17-25(31)29-21-11-5-18(2)6-12-21/h5-14,16H,3-4,15,17H2,1-2H3,(H,29,31)/b24-16+. The number of aryl methyl sites for hydroxylation is 1. The van der Waals surface area contributed by atoms with Gasteiger partial charge < -0.3 is 14.5 Å². The first-order valence-corrected chi connectivity index (χ1v) is 12.6. The van der Waals surface area contributed by atoms with Gasteiger partial charge in [-0.3, -0.25) is 19.3 Å². The summed E-state index contributed by atoms with van der Waals surface area (Å²) in [5, 5.41) is 2.16. The molecule has 2 heterocycles. The molecule has 190 valence electrons. The van der Waals surface area contributed by atoms with E-state index in [9.17, 15) is 19.2 Å². The zero-order valence-electron chi connectivity index (χ0n) is 20.5. The number of carbonyl (C=O) groups excluding carboxylic acids is 4. The molecule has 1 aliphatic rings. The van der Waals surface area contributed by atoms with Crippen LogP contribution in [-0.4, -0.2) is 41.1 Å². The Bertz CT molecular complexity index is 1340. The van der Waals surface area contributed by atoms with E-state index >= 15 is 0 Å². The first-order valence-electron chi connectivity index (χ1n) is 11.8. The molecule has 0 radical (unpaired) electrons. The lowest BCUT2D eigenvalue weighted by atomic mass is 10.1. The van der Waals surface area contributed by atoms with Gasteiger partial charge in [0, 0.05) is 17.3 Å². The largest absolute Gasteiger partial charge is 0.462 e. The molecule has 37 heavy (non-hydrogen) atoms. The Morgan fingerprint density at radius 2 is 1.76 bits per heavy atom. The molecule has 0 spiro atoms. The van der Waals surface area contributed by atoms with Crippen LogP contribution in [-0.2, 0) is 14.3 Å². The number of thioether (sulfide) groups is 1. The zero-order chi connectivity index (χ0) is 26.4. The monoisotopic (exact) mass is 518 g/mol. The zero-order valence-corrected chi connectivity index (χ0v) is 21.3. The van der Waals surface area contributed by atoms with Gasteiger partial charge in [-0.15, -0.1) is 0 Å². The first-order chi connectivity index (χ1) is 17.8. The fourth-order valence-electron chi connectivity index (χ4n) is 3.50. The summed E-state index contributed by atoms with van der Waals surface area (Å²) in [6, 6.07) is 17.5. The van der Waals surface area contributed by atoms with Crippen molar-refractivity contribution in [3.63, 3.8) is 0 Å². The Balaban J connectivity index is 1.38. The summed E-state index contributed by atoms with van der Waals surface area (Å²) >= 11 is 0.752. The molecule has 3 amide bonds. The number of nitrogens with zero attached hydrogens (tertiary/aromatic N) is 1. The van der Waals surface area contributed by atoms with Gasteiger partial charge in [0.2, 0.25) is 5.91 Å². The van der Waals surface area contributed by atoms with Crippen LogP contribution in [0.2, 0.25) is 0 Å². The van der Waals surface area contributed by atoms with Gasteiger partial charge in [0.25, 0.3) is 11.1 Å². The van der Waals surface area contributed by atoms with E-state index in [1.165, 1.54) is 6.08 Å². The third-order valence-corrected chi connectivity index (χ3v) is 6.45. The Morgan fingerprint density at radius 3 is 2.46 bits per heavy atom. The number of furan rings is 1. The van der Waals surface area contributed by atoms with Gasteiger partial charge in [-0.1, -0.05) is 43.2 Å². The summed E-state index contributed by atoms with van der Waals surface area (Å²) in [7, 11) is 0. The second-order valence-corrected chi connectivity index (χ2v) is 9.44. The van der Waals surface area contributed by atoms with Crippen LogP contribution >= 0.6 is 11.8 Å². The van der Waals surface area contributed by atoms with Crippen molar-refractivity contribution >= 4 is 46.5 Å². The number of ether oxygens (including phenoxy) is 1. The van der Waals surface area contributed by atoms with Crippen molar-refractivity contribution in [1.82, 2.24) is 4.90 Å². The number of imide groups is 1. The molecule has 0 saturated carbocycles. The molecule has 2 aromatic carbocycles. The van der Waals surface area contributed by atoms with Gasteiger partial charge >= 0.3 is 5.97 Å². The molecule has 0 bridgehead atoms. The number of hydrogen-bond acceptors (Lipinski definition) is 7. The summed E-state index contributed by atoms with van der Waals surface area (Å²) in [6.07, 6.45) is 3.24. The third kappa shape index (κ3) is 6.56. The number of benzene rings is 2. The maximum absolute atomic E-state index is 12.8. The number of esters is 1. The Morgan fingerprint density at radius 1 is 1.03 bits per heavy atom. The summed E-state index contributed by atoms with van der Waals surface area (Å²) in [5.41, 5.74) is 2.83. The Hall–Kier alpha value is -4.11. The maximum Gasteiger partial charge on any atom is 0.338 e. The van der Waals surface area contributed by atoms with Crippen molar-refractivity contribution in [3.8, 4) is 11.3 Å².